The number of aryl methyl sites for hydroxylation is 1. The molecule has 0 aliphatic rings. The highest BCUT2D eigenvalue weighted by molar-refractivity contribution is 6.32. The van der Waals surface area contributed by atoms with Crippen LogP contribution in [0.4, 0.5) is 5.69 Å². The Morgan fingerprint density at radius 3 is 2.48 bits per heavy atom. The molecule has 0 aromatic heterocycles. The molecule has 0 aliphatic carbocycles. The number of benzene rings is 2. The third-order valence-electron chi connectivity index (χ3n) is 3.30. The Morgan fingerprint density at radius 2 is 1.87 bits per heavy atom. The van der Waals surface area contributed by atoms with Crippen molar-refractivity contribution in [2.24, 2.45) is 0 Å². The second-order valence-electron chi connectivity index (χ2n) is 5.62. The summed E-state index contributed by atoms with van der Waals surface area (Å²) in [7, 11) is 3.96. The van der Waals surface area contributed by atoms with Crippen molar-refractivity contribution in [2.45, 2.75) is 6.92 Å². The fraction of sp³-hybridized carbons (Fsp3) is 0.278. The largest absolute Gasteiger partial charge is 0.491 e. The molecule has 2 aromatic rings. The van der Waals surface area contributed by atoms with Gasteiger partial charge in [-0.1, -0.05) is 29.3 Å². The average molecular weight is 333 g/mol. The van der Waals surface area contributed by atoms with Crippen LogP contribution in [-0.4, -0.2) is 38.1 Å². The maximum absolute atomic E-state index is 12.2. The Labute approximate surface area is 142 Å². The number of nitrogens with zero attached hydrogens (tertiary/aromatic N) is 1. The minimum atomic E-state index is -0.164. The first-order valence-electron chi connectivity index (χ1n) is 7.41. The minimum absolute atomic E-state index is 0.164. The molecule has 4 nitrogen and oxygen atoms in total. The Hall–Kier alpha value is -2.04. The highest BCUT2D eigenvalue weighted by atomic mass is 35.5. The van der Waals surface area contributed by atoms with Gasteiger partial charge in [0.1, 0.15) is 12.4 Å². The van der Waals surface area contributed by atoms with Crippen molar-refractivity contribution >= 4 is 23.2 Å². The summed E-state index contributed by atoms with van der Waals surface area (Å²) in [6, 6.07) is 12.6. The van der Waals surface area contributed by atoms with Crippen molar-refractivity contribution in [2.75, 3.05) is 32.6 Å². The maximum atomic E-state index is 12.2. The van der Waals surface area contributed by atoms with E-state index < -0.39 is 0 Å². The third kappa shape index (κ3) is 5.27. The molecular formula is C18H21ClN2O2. The van der Waals surface area contributed by atoms with Crippen LogP contribution >= 0.6 is 11.6 Å². The van der Waals surface area contributed by atoms with Crippen molar-refractivity contribution in [1.82, 2.24) is 4.90 Å². The van der Waals surface area contributed by atoms with Gasteiger partial charge in [0, 0.05) is 17.8 Å². The standard InChI is InChI=1S/C18H21ClN2O2/c1-13-4-6-14(7-5-13)18(22)20-15-8-9-17(16(19)12-15)23-11-10-21(2)3/h4-9,12H,10-11H2,1-3H3,(H,20,22). The fourth-order valence-corrected chi connectivity index (χ4v) is 2.18. The van der Waals surface area contributed by atoms with Gasteiger partial charge in [0.05, 0.1) is 5.02 Å². The lowest BCUT2D eigenvalue weighted by atomic mass is 10.1. The molecule has 0 aliphatic heterocycles. The van der Waals surface area contributed by atoms with E-state index in [-0.39, 0.29) is 5.91 Å². The number of hydrogen-bond donors (Lipinski definition) is 1. The van der Waals surface area contributed by atoms with Gasteiger partial charge in [-0.25, -0.2) is 0 Å². The Kier molecular flexibility index (Phi) is 6.02. The lowest BCUT2D eigenvalue weighted by Gasteiger charge is -2.13. The zero-order chi connectivity index (χ0) is 16.8. The smallest absolute Gasteiger partial charge is 0.255 e. The molecule has 0 spiro atoms. The van der Waals surface area contributed by atoms with Gasteiger partial charge in [0.15, 0.2) is 0 Å². The van der Waals surface area contributed by atoms with Gasteiger partial charge in [-0.2, -0.15) is 0 Å². The molecular weight excluding hydrogens is 312 g/mol. The first-order valence-corrected chi connectivity index (χ1v) is 7.78. The van der Waals surface area contributed by atoms with E-state index in [0.29, 0.717) is 28.6 Å². The van der Waals surface area contributed by atoms with E-state index in [9.17, 15) is 4.79 Å². The molecule has 5 heteroatoms. The number of carbonyl (C=O) groups is 1. The van der Waals surface area contributed by atoms with Gasteiger partial charge in [0.2, 0.25) is 0 Å². The fourth-order valence-electron chi connectivity index (χ4n) is 1.94. The number of anilines is 1. The molecule has 0 unspecified atom stereocenters. The molecule has 122 valence electrons. The van der Waals surface area contributed by atoms with Gasteiger partial charge in [-0.3, -0.25) is 4.79 Å². The molecule has 0 atom stereocenters. The summed E-state index contributed by atoms with van der Waals surface area (Å²) in [5, 5.41) is 3.31. The van der Waals surface area contributed by atoms with Crippen molar-refractivity contribution in [3.05, 3.63) is 58.6 Å². The van der Waals surface area contributed by atoms with Crippen LogP contribution in [0.2, 0.25) is 5.02 Å². The molecule has 2 rings (SSSR count). The van der Waals surface area contributed by atoms with E-state index in [2.05, 4.69) is 5.32 Å². The van der Waals surface area contributed by atoms with Gasteiger partial charge in [-0.15, -0.1) is 0 Å². The van der Waals surface area contributed by atoms with Crippen molar-refractivity contribution in [3.8, 4) is 5.75 Å². The molecule has 23 heavy (non-hydrogen) atoms. The molecule has 1 amide bonds. The molecule has 1 N–H and O–H groups in total. The highest BCUT2D eigenvalue weighted by Gasteiger charge is 2.08. The summed E-state index contributed by atoms with van der Waals surface area (Å²) in [5.74, 6) is 0.448. The van der Waals surface area contributed by atoms with E-state index in [1.807, 2.05) is 38.1 Å². The van der Waals surface area contributed by atoms with E-state index in [0.717, 1.165) is 12.1 Å². The summed E-state index contributed by atoms with van der Waals surface area (Å²) >= 11 is 6.21. The van der Waals surface area contributed by atoms with E-state index >= 15 is 0 Å². The zero-order valence-corrected chi connectivity index (χ0v) is 14.4. The molecule has 0 fully saturated rings. The Bertz CT molecular complexity index is 669. The number of hydrogen-bond acceptors (Lipinski definition) is 3. The summed E-state index contributed by atoms with van der Waals surface area (Å²) in [4.78, 5) is 14.2. The number of halogens is 1. The zero-order valence-electron chi connectivity index (χ0n) is 13.6. The molecule has 0 heterocycles. The van der Waals surface area contributed by atoms with Crippen molar-refractivity contribution in [1.29, 1.82) is 0 Å². The van der Waals surface area contributed by atoms with E-state index in [4.69, 9.17) is 16.3 Å². The minimum Gasteiger partial charge on any atom is -0.491 e. The van der Waals surface area contributed by atoms with Crippen LogP contribution in [0.15, 0.2) is 42.5 Å². The van der Waals surface area contributed by atoms with Crippen LogP contribution in [0.3, 0.4) is 0 Å². The van der Waals surface area contributed by atoms with Gasteiger partial charge in [-0.05, 0) is 51.4 Å². The number of rotatable bonds is 6. The van der Waals surface area contributed by atoms with Gasteiger partial charge >= 0.3 is 0 Å². The van der Waals surface area contributed by atoms with Crippen LogP contribution in [-0.2, 0) is 0 Å². The normalized spacial score (nSPS) is 10.7. The monoisotopic (exact) mass is 332 g/mol. The van der Waals surface area contributed by atoms with Crippen LogP contribution < -0.4 is 10.1 Å². The first kappa shape index (κ1) is 17.3. The number of amides is 1. The maximum Gasteiger partial charge on any atom is 0.255 e. The van der Waals surface area contributed by atoms with Crippen LogP contribution in [0.25, 0.3) is 0 Å². The molecule has 2 aromatic carbocycles. The van der Waals surface area contributed by atoms with E-state index in [1.54, 1.807) is 30.3 Å². The SMILES string of the molecule is Cc1ccc(C(=O)Nc2ccc(OCCN(C)C)c(Cl)c2)cc1. The molecule has 0 radical (unpaired) electrons. The molecule has 0 bridgehead atoms. The topological polar surface area (TPSA) is 41.6 Å². The van der Waals surface area contributed by atoms with Gasteiger partial charge in [0.25, 0.3) is 5.91 Å². The van der Waals surface area contributed by atoms with Crippen molar-refractivity contribution < 1.29 is 9.53 Å². The summed E-state index contributed by atoms with van der Waals surface area (Å²) in [5.41, 5.74) is 2.36. The summed E-state index contributed by atoms with van der Waals surface area (Å²) in [6.07, 6.45) is 0. The van der Waals surface area contributed by atoms with Gasteiger partial charge < -0.3 is 15.0 Å². The number of nitrogens with one attached hydrogen (secondary N) is 1. The lowest BCUT2D eigenvalue weighted by Crippen LogP contribution is -2.19. The van der Waals surface area contributed by atoms with Crippen LogP contribution in [0, 0.1) is 6.92 Å². The lowest BCUT2D eigenvalue weighted by molar-refractivity contribution is 0.102. The Morgan fingerprint density at radius 1 is 1.17 bits per heavy atom. The average Bonchev–Trinajstić information content (AvgIpc) is 2.49. The summed E-state index contributed by atoms with van der Waals surface area (Å²) in [6.45, 7) is 3.35. The van der Waals surface area contributed by atoms with Crippen LogP contribution in [0.1, 0.15) is 15.9 Å². The van der Waals surface area contributed by atoms with Crippen molar-refractivity contribution in [3.63, 3.8) is 0 Å². The predicted octanol–water partition coefficient (Wildman–Crippen LogP) is 3.84. The highest BCUT2D eigenvalue weighted by Crippen LogP contribution is 2.27. The number of likely N-dealkylation sites (N-methyl/N-ethyl adjacent to an activating group) is 1. The Balaban J connectivity index is 1.99. The second kappa shape index (κ2) is 7.99. The first-order chi connectivity index (χ1) is 11.0. The quantitative estimate of drug-likeness (QED) is 0.873. The second-order valence-corrected chi connectivity index (χ2v) is 6.02. The molecule has 0 saturated carbocycles. The summed E-state index contributed by atoms with van der Waals surface area (Å²) < 4.78 is 5.62. The predicted molar refractivity (Wildman–Crippen MR) is 94.6 cm³/mol. The molecule has 0 saturated heterocycles. The number of ether oxygens (including phenoxy) is 1. The van der Waals surface area contributed by atoms with E-state index in [1.165, 1.54) is 0 Å². The number of carbonyl (C=O) groups excluding carboxylic acids is 1. The third-order valence-corrected chi connectivity index (χ3v) is 3.59. The van der Waals surface area contributed by atoms with Crippen LogP contribution in [0.5, 0.6) is 5.75 Å².